The molecule has 3 rings (SSSR count). The Morgan fingerprint density at radius 2 is 1.95 bits per heavy atom. The van der Waals surface area contributed by atoms with Gasteiger partial charge in [0.15, 0.2) is 4.77 Å². The number of hydrogen-bond acceptors (Lipinski definition) is 2. The summed E-state index contributed by atoms with van der Waals surface area (Å²) in [5.74, 6) is 0.874. The summed E-state index contributed by atoms with van der Waals surface area (Å²) in [4.78, 5) is 3.28. The highest BCUT2D eigenvalue weighted by molar-refractivity contribution is 7.71. The average molecular weight is 270 g/mol. The van der Waals surface area contributed by atoms with Crippen molar-refractivity contribution in [3.05, 3.63) is 64.7 Å². The maximum atomic E-state index is 5.32. The van der Waals surface area contributed by atoms with Gasteiger partial charge in [0, 0.05) is 18.3 Å². The first-order chi connectivity index (χ1) is 9.28. The van der Waals surface area contributed by atoms with Crippen molar-refractivity contribution in [3.63, 3.8) is 0 Å². The van der Waals surface area contributed by atoms with Gasteiger partial charge in [0.2, 0.25) is 0 Å². The molecule has 0 fully saturated rings. The number of imidazole rings is 1. The van der Waals surface area contributed by atoms with Crippen LogP contribution in [0.15, 0.2) is 48.7 Å². The van der Waals surface area contributed by atoms with Crippen LogP contribution >= 0.6 is 12.2 Å². The molecule has 4 heteroatoms. The number of nitrogens with zero attached hydrogens (tertiary/aromatic N) is 1. The fourth-order valence-corrected chi connectivity index (χ4v) is 2.48. The van der Waals surface area contributed by atoms with Gasteiger partial charge in [-0.15, -0.1) is 0 Å². The summed E-state index contributed by atoms with van der Waals surface area (Å²) >= 11 is 5.32. The Morgan fingerprint density at radius 1 is 1.16 bits per heavy atom. The number of aromatic amines is 1. The summed E-state index contributed by atoms with van der Waals surface area (Å²) in [6, 6.07) is 14.2. The number of hydrogen-bond donors (Lipinski definition) is 1. The lowest BCUT2D eigenvalue weighted by Gasteiger charge is -2.03. The summed E-state index contributed by atoms with van der Waals surface area (Å²) in [5, 5.41) is 0. The summed E-state index contributed by atoms with van der Waals surface area (Å²) in [6.45, 7) is 0. The van der Waals surface area contributed by atoms with Crippen LogP contribution < -0.4 is 4.74 Å². The van der Waals surface area contributed by atoms with Crippen molar-refractivity contribution >= 4 is 17.7 Å². The van der Waals surface area contributed by atoms with E-state index in [0.717, 1.165) is 28.2 Å². The van der Waals surface area contributed by atoms with Crippen LogP contribution in [0.2, 0.25) is 0 Å². The number of aromatic nitrogens is 2. The first-order valence-electron chi connectivity index (χ1n) is 6.09. The first-order valence-corrected chi connectivity index (χ1v) is 6.50. The van der Waals surface area contributed by atoms with Gasteiger partial charge < -0.3 is 9.72 Å². The monoisotopic (exact) mass is 270 g/mol. The predicted molar refractivity (Wildman–Crippen MR) is 78.4 cm³/mol. The number of nitrogens with one attached hydrogen (secondary N) is 1. The van der Waals surface area contributed by atoms with E-state index in [-0.39, 0.29) is 0 Å². The molecule has 2 heterocycles. The zero-order chi connectivity index (χ0) is 13.2. The smallest absolute Gasteiger partial charge is 0.182 e. The third-order valence-corrected chi connectivity index (χ3v) is 3.48. The van der Waals surface area contributed by atoms with Gasteiger partial charge >= 0.3 is 0 Å². The van der Waals surface area contributed by atoms with Crippen LogP contribution in [0.25, 0.3) is 5.52 Å². The molecule has 0 radical (unpaired) electrons. The third-order valence-electron chi connectivity index (χ3n) is 3.19. The number of rotatable bonds is 3. The Labute approximate surface area is 116 Å². The number of fused-ring (bicyclic) bond motifs is 1. The van der Waals surface area contributed by atoms with E-state index in [1.165, 1.54) is 5.56 Å². The number of methoxy groups -OCH3 is 1. The van der Waals surface area contributed by atoms with Gasteiger partial charge in [-0.3, -0.25) is 4.40 Å². The summed E-state index contributed by atoms with van der Waals surface area (Å²) in [5.41, 5.74) is 3.49. The van der Waals surface area contributed by atoms with Crippen LogP contribution in [-0.2, 0) is 6.42 Å². The van der Waals surface area contributed by atoms with E-state index < -0.39 is 0 Å². The largest absolute Gasteiger partial charge is 0.497 e. The predicted octanol–water partition coefficient (Wildman–Crippen LogP) is 3.60. The van der Waals surface area contributed by atoms with Gasteiger partial charge in [0.1, 0.15) is 5.75 Å². The van der Waals surface area contributed by atoms with Gasteiger partial charge in [-0.25, -0.2) is 0 Å². The Balaban J connectivity index is 1.98. The highest BCUT2D eigenvalue weighted by Gasteiger charge is 2.05. The minimum atomic E-state index is 0.735. The van der Waals surface area contributed by atoms with Crippen molar-refractivity contribution in [2.75, 3.05) is 7.11 Å². The maximum absolute atomic E-state index is 5.32. The first kappa shape index (κ1) is 12.0. The highest BCUT2D eigenvalue weighted by atomic mass is 32.1. The van der Waals surface area contributed by atoms with Crippen molar-refractivity contribution in [2.45, 2.75) is 6.42 Å². The van der Waals surface area contributed by atoms with Crippen molar-refractivity contribution in [1.82, 2.24) is 9.38 Å². The number of benzene rings is 1. The second kappa shape index (κ2) is 4.90. The molecular weight excluding hydrogens is 256 g/mol. The van der Waals surface area contributed by atoms with Gasteiger partial charge in [-0.1, -0.05) is 18.2 Å². The van der Waals surface area contributed by atoms with Crippen LogP contribution in [0.5, 0.6) is 5.75 Å². The number of H-pyrrole nitrogens is 1. The van der Waals surface area contributed by atoms with Gasteiger partial charge in [0.05, 0.1) is 12.6 Å². The van der Waals surface area contributed by atoms with Gasteiger partial charge in [-0.2, -0.15) is 0 Å². The second-order valence-corrected chi connectivity index (χ2v) is 4.78. The quantitative estimate of drug-likeness (QED) is 0.737. The van der Waals surface area contributed by atoms with E-state index in [4.69, 9.17) is 17.0 Å². The fourth-order valence-electron chi connectivity index (χ4n) is 2.20. The Kier molecular flexibility index (Phi) is 3.09. The number of ether oxygens (including phenoxy) is 1. The summed E-state index contributed by atoms with van der Waals surface area (Å²) < 4.78 is 7.89. The topological polar surface area (TPSA) is 29.4 Å². The molecule has 2 aromatic heterocycles. The molecule has 0 bridgehead atoms. The van der Waals surface area contributed by atoms with Gasteiger partial charge in [0.25, 0.3) is 0 Å². The molecule has 0 atom stereocenters. The molecule has 0 unspecified atom stereocenters. The lowest BCUT2D eigenvalue weighted by Crippen LogP contribution is -1.90. The molecular formula is C15H14N2OS. The molecule has 96 valence electrons. The fraction of sp³-hybridized carbons (Fsp3) is 0.133. The Hall–Kier alpha value is -2.07. The summed E-state index contributed by atoms with van der Waals surface area (Å²) in [6.07, 6.45) is 2.81. The Morgan fingerprint density at radius 3 is 2.68 bits per heavy atom. The highest BCUT2D eigenvalue weighted by Crippen LogP contribution is 2.17. The summed E-state index contributed by atoms with van der Waals surface area (Å²) in [7, 11) is 1.67. The van der Waals surface area contributed by atoms with E-state index >= 15 is 0 Å². The molecule has 0 spiro atoms. The molecule has 0 aliphatic rings. The van der Waals surface area contributed by atoms with Crippen LogP contribution in [-0.4, -0.2) is 16.5 Å². The molecule has 19 heavy (non-hydrogen) atoms. The molecule has 3 aromatic rings. The van der Waals surface area contributed by atoms with Gasteiger partial charge in [-0.05, 0) is 42.0 Å². The van der Waals surface area contributed by atoms with Crippen molar-refractivity contribution in [2.24, 2.45) is 0 Å². The van der Waals surface area contributed by atoms with Crippen LogP contribution in [0.1, 0.15) is 11.3 Å². The van der Waals surface area contributed by atoms with E-state index in [0.29, 0.717) is 0 Å². The van der Waals surface area contributed by atoms with E-state index in [1.54, 1.807) is 7.11 Å². The number of pyridine rings is 1. The van der Waals surface area contributed by atoms with Crippen molar-refractivity contribution in [3.8, 4) is 5.75 Å². The van der Waals surface area contributed by atoms with Crippen molar-refractivity contribution in [1.29, 1.82) is 0 Å². The Bertz CT molecular complexity index is 756. The molecule has 0 saturated carbocycles. The van der Waals surface area contributed by atoms with E-state index in [2.05, 4.69) is 23.2 Å². The molecule has 3 nitrogen and oxygen atoms in total. The van der Waals surface area contributed by atoms with Crippen molar-refractivity contribution < 1.29 is 4.74 Å². The average Bonchev–Trinajstić information content (AvgIpc) is 2.77. The minimum absolute atomic E-state index is 0.735. The minimum Gasteiger partial charge on any atom is -0.497 e. The second-order valence-electron chi connectivity index (χ2n) is 4.39. The molecule has 0 aliphatic heterocycles. The van der Waals surface area contributed by atoms with E-state index in [1.807, 2.05) is 34.9 Å². The molecule has 1 N–H and O–H groups in total. The maximum Gasteiger partial charge on any atom is 0.182 e. The third kappa shape index (κ3) is 2.27. The molecule has 1 aromatic carbocycles. The lowest BCUT2D eigenvalue weighted by atomic mass is 10.1. The van der Waals surface area contributed by atoms with Crippen LogP contribution in [0.4, 0.5) is 0 Å². The molecule has 0 aliphatic carbocycles. The zero-order valence-corrected chi connectivity index (χ0v) is 11.4. The normalized spacial score (nSPS) is 10.8. The van der Waals surface area contributed by atoms with E-state index in [9.17, 15) is 0 Å². The molecule has 0 saturated heterocycles. The zero-order valence-electron chi connectivity index (χ0n) is 10.6. The standard InChI is InChI=1S/C15H14N2OS/c1-18-12-7-5-11(6-8-12)10-13-14-4-2-3-9-17(14)15(19)16-13/h2-9H,10H2,1H3,(H,16,19). The lowest BCUT2D eigenvalue weighted by molar-refractivity contribution is 0.414. The molecule has 0 amide bonds. The van der Waals surface area contributed by atoms with Crippen LogP contribution in [0, 0.1) is 4.77 Å². The van der Waals surface area contributed by atoms with Crippen LogP contribution in [0.3, 0.4) is 0 Å². The SMILES string of the molecule is COc1ccc(Cc2[nH]c(=S)n3ccccc23)cc1.